The maximum absolute atomic E-state index is 5.91. The van der Waals surface area contributed by atoms with Crippen LogP contribution in [0.4, 0.5) is 0 Å². The first-order chi connectivity index (χ1) is 7.25. The van der Waals surface area contributed by atoms with Crippen LogP contribution in [0.2, 0.25) is 10.0 Å². The Morgan fingerprint density at radius 1 is 1.20 bits per heavy atom. The second-order valence-electron chi connectivity index (χ2n) is 2.68. The highest BCUT2D eigenvalue weighted by molar-refractivity contribution is 6.35. The van der Waals surface area contributed by atoms with Crippen LogP contribution >= 0.6 is 23.2 Å². The SMILES string of the molecule is Clc1ccc(Oc2cc[c]nn2)c(Cl)c1. The number of ether oxygens (including phenoxy) is 1. The van der Waals surface area contributed by atoms with Gasteiger partial charge in [0.25, 0.3) is 0 Å². The molecule has 1 aromatic carbocycles. The summed E-state index contributed by atoms with van der Waals surface area (Å²) in [6.07, 6.45) is 2.55. The van der Waals surface area contributed by atoms with Gasteiger partial charge in [0, 0.05) is 11.1 Å². The standard InChI is InChI=1S/C10H5Cl2N2O/c11-7-3-4-9(8(12)6-7)15-10-2-1-5-13-14-10/h1-4,6H. The Balaban J connectivity index is 2.25. The molecule has 2 aromatic rings. The minimum Gasteiger partial charge on any atom is -0.436 e. The Hall–Kier alpha value is -1.32. The van der Waals surface area contributed by atoms with E-state index in [0.29, 0.717) is 21.7 Å². The second-order valence-corrected chi connectivity index (χ2v) is 3.52. The summed E-state index contributed by atoms with van der Waals surface area (Å²) >= 11 is 11.7. The van der Waals surface area contributed by atoms with E-state index in [1.807, 2.05) is 0 Å². The van der Waals surface area contributed by atoms with Crippen LogP contribution in [0.3, 0.4) is 0 Å². The third-order valence-electron chi connectivity index (χ3n) is 1.62. The molecule has 1 radical (unpaired) electrons. The summed E-state index contributed by atoms with van der Waals surface area (Å²) in [6.45, 7) is 0. The minimum absolute atomic E-state index is 0.359. The first-order valence-corrected chi connectivity index (χ1v) is 4.84. The van der Waals surface area contributed by atoms with Gasteiger partial charge in [-0.1, -0.05) is 23.2 Å². The van der Waals surface area contributed by atoms with Crippen LogP contribution in [0.5, 0.6) is 11.6 Å². The fourth-order valence-electron chi connectivity index (χ4n) is 0.978. The van der Waals surface area contributed by atoms with Gasteiger partial charge in [-0.25, -0.2) is 0 Å². The van der Waals surface area contributed by atoms with E-state index >= 15 is 0 Å². The molecule has 0 spiro atoms. The summed E-state index contributed by atoms with van der Waals surface area (Å²) in [5.74, 6) is 0.847. The van der Waals surface area contributed by atoms with E-state index in [1.54, 1.807) is 30.3 Å². The molecule has 0 aliphatic carbocycles. The zero-order chi connectivity index (χ0) is 10.7. The largest absolute Gasteiger partial charge is 0.436 e. The van der Waals surface area contributed by atoms with E-state index in [-0.39, 0.29) is 0 Å². The number of benzene rings is 1. The fraction of sp³-hybridized carbons (Fsp3) is 0. The molecule has 0 saturated heterocycles. The van der Waals surface area contributed by atoms with E-state index in [0.717, 1.165) is 0 Å². The lowest BCUT2D eigenvalue weighted by atomic mass is 10.3. The highest BCUT2D eigenvalue weighted by Gasteiger charge is 2.04. The van der Waals surface area contributed by atoms with Gasteiger partial charge in [-0.2, -0.15) is 0 Å². The van der Waals surface area contributed by atoms with Crippen LogP contribution in [-0.2, 0) is 0 Å². The number of hydrogen-bond donors (Lipinski definition) is 0. The molecule has 0 atom stereocenters. The number of aromatic nitrogens is 2. The third-order valence-corrected chi connectivity index (χ3v) is 2.15. The van der Waals surface area contributed by atoms with Crippen LogP contribution in [0, 0.1) is 6.20 Å². The summed E-state index contributed by atoms with van der Waals surface area (Å²) < 4.78 is 5.38. The van der Waals surface area contributed by atoms with Crippen LogP contribution in [0.1, 0.15) is 0 Å². The summed E-state index contributed by atoms with van der Waals surface area (Å²) in [7, 11) is 0. The van der Waals surface area contributed by atoms with Gasteiger partial charge in [0.05, 0.1) is 5.02 Å². The lowest BCUT2D eigenvalue weighted by molar-refractivity contribution is 0.455. The lowest BCUT2D eigenvalue weighted by Gasteiger charge is -2.05. The molecule has 5 heteroatoms. The molecule has 1 heterocycles. The molecule has 2 rings (SSSR count). The Bertz CT molecular complexity index is 462. The molecule has 75 valence electrons. The monoisotopic (exact) mass is 239 g/mol. The molecular formula is C10H5Cl2N2O. The van der Waals surface area contributed by atoms with Gasteiger partial charge in [0.2, 0.25) is 5.88 Å². The fourth-order valence-corrected chi connectivity index (χ4v) is 1.43. The van der Waals surface area contributed by atoms with Gasteiger partial charge in [0.15, 0.2) is 0 Å². The van der Waals surface area contributed by atoms with E-state index in [2.05, 4.69) is 16.4 Å². The van der Waals surface area contributed by atoms with E-state index in [4.69, 9.17) is 27.9 Å². The average Bonchev–Trinajstić information content (AvgIpc) is 2.24. The highest BCUT2D eigenvalue weighted by Crippen LogP contribution is 2.30. The van der Waals surface area contributed by atoms with Gasteiger partial charge in [-0.15, -0.1) is 10.2 Å². The topological polar surface area (TPSA) is 35.0 Å². The van der Waals surface area contributed by atoms with Crippen LogP contribution in [0.15, 0.2) is 30.3 Å². The molecule has 0 N–H and O–H groups in total. The molecule has 0 fully saturated rings. The maximum Gasteiger partial charge on any atom is 0.238 e. The Kier molecular flexibility index (Phi) is 3.04. The number of nitrogens with zero attached hydrogens (tertiary/aromatic N) is 2. The smallest absolute Gasteiger partial charge is 0.238 e. The highest BCUT2D eigenvalue weighted by atomic mass is 35.5. The normalized spacial score (nSPS) is 10.0. The third kappa shape index (κ3) is 2.58. The van der Waals surface area contributed by atoms with E-state index in [9.17, 15) is 0 Å². The van der Waals surface area contributed by atoms with Crippen LogP contribution in [0.25, 0.3) is 0 Å². The van der Waals surface area contributed by atoms with Crippen molar-refractivity contribution in [1.29, 1.82) is 0 Å². The first-order valence-electron chi connectivity index (χ1n) is 4.08. The van der Waals surface area contributed by atoms with E-state index in [1.165, 1.54) is 0 Å². The summed E-state index contributed by atoms with van der Waals surface area (Å²) in [4.78, 5) is 0. The minimum atomic E-state index is 0.359. The molecule has 0 amide bonds. The summed E-state index contributed by atoms with van der Waals surface area (Å²) in [5, 5.41) is 8.26. The number of hydrogen-bond acceptors (Lipinski definition) is 3. The molecule has 0 unspecified atom stereocenters. The van der Waals surface area contributed by atoms with Crippen molar-refractivity contribution in [1.82, 2.24) is 10.2 Å². The molecule has 15 heavy (non-hydrogen) atoms. The predicted octanol–water partition coefficient (Wildman–Crippen LogP) is 3.38. The number of rotatable bonds is 2. The molecule has 0 aliphatic heterocycles. The molecule has 3 nitrogen and oxygen atoms in total. The predicted molar refractivity (Wildman–Crippen MR) is 57.4 cm³/mol. The van der Waals surface area contributed by atoms with Crippen molar-refractivity contribution >= 4 is 23.2 Å². The van der Waals surface area contributed by atoms with Crippen molar-refractivity contribution in [3.05, 3.63) is 46.6 Å². The Morgan fingerprint density at radius 2 is 2.07 bits per heavy atom. The Labute approximate surface area is 96.6 Å². The summed E-state index contributed by atoms with van der Waals surface area (Å²) in [6, 6.07) is 8.19. The van der Waals surface area contributed by atoms with E-state index < -0.39 is 0 Å². The molecule has 0 saturated carbocycles. The van der Waals surface area contributed by atoms with Crippen LogP contribution < -0.4 is 4.74 Å². The van der Waals surface area contributed by atoms with Gasteiger partial charge in [-0.05, 0) is 24.3 Å². The molecule has 0 aliphatic rings. The molecule has 0 bridgehead atoms. The van der Waals surface area contributed by atoms with Crippen molar-refractivity contribution in [2.75, 3.05) is 0 Å². The van der Waals surface area contributed by atoms with Crippen molar-refractivity contribution in [3.63, 3.8) is 0 Å². The first kappa shape index (κ1) is 10.2. The maximum atomic E-state index is 5.91. The quantitative estimate of drug-likeness (QED) is 0.806. The molecular weight excluding hydrogens is 235 g/mol. The number of halogens is 2. The van der Waals surface area contributed by atoms with Crippen molar-refractivity contribution in [2.24, 2.45) is 0 Å². The van der Waals surface area contributed by atoms with Crippen LogP contribution in [-0.4, -0.2) is 10.2 Å². The van der Waals surface area contributed by atoms with Gasteiger partial charge >= 0.3 is 0 Å². The molecule has 1 aromatic heterocycles. The zero-order valence-electron chi connectivity index (χ0n) is 7.45. The van der Waals surface area contributed by atoms with Gasteiger partial charge in [0.1, 0.15) is 11.9 Å². The van der Waals surface area contributed by atoms with Gasteiger partial charge in [-0.3, -0.25) is 0 Å². The van der Waals surface area contributed by atoms with Crippen molar-refractivity contribution < 1.29 is 4.74 Å². The average molecular weight is 240 g/mol. The van der Waals surface area contributed by atoms with Crippen molar-refractivity contribution in [3.8, 4) is 11.6 Å². The summed E-state index contributed by atoms with van der Waals surface area (Å²) in [5.41, 5.74) is 0. The second kappa shape index (κ2) is 4.47. The lowest BCUT2D eigenvalue weighted by Crippen LogP contribution is -1.89. The van der Waals surface area contributed by atoms with Gasteiger partial charge < -0.3 is 4.74 Å². The van der Waals surface area contributed by atoms with Crippen molar-refractivity contribution in [2.45, 2.75) is 0 Å². The zero-order valence-corrected chi connectivity index (χ0v) is 8.96. The Morgan fingerprint density at radius 3 is 2.73 bits per heavy atom.